The van der Waals surface area contributed by atoms with Crippen molar-refractivity contribution in [3.8, 4) is 0 Å². The molecule has 7 heteroatoms. The lowest BCUT2D eigenvalue weighted by atomic mass is 10.3. The molecule has 0 fully saturated rings. The summed E-state index contributed by atoms with van der Waals surface area (Å²) in [7, 11) is 1.76. The third kappa shape index (κ3) is 7.66. The van der Waals surface area contributed by atoms with Crippen LogP contribution in [0.2, 0.25) is 5.02 Å². The van der Waals surface area contributed by atoms with Gasteiger partial charge >= 0.3 is 0 Å². The fraction of sp³-hybridized carbons (Fsp3) is 0.333. The van der Waals surface area contributed by atoms with E-state index in [0.717, 1.165) is 0 Å². The fourth-order valence-corrected chi connectivity index (χ4v) is 1.37. The summed E-state index contributed by atoms with van der Waals surface area (Å²) >= 11 is 5.72. The van der Waals surface area contributed by atoms with Crippen molar-refractivity contribution in [1.29, 1.82) is 0 Å². The summed E-state index contributed by atoms with van der Waals surface area (Å²) in [6.07, 6.45) is 0.352. The van der Waals surface area contributed by atoms with Gasteiger partial charge in [0, 0.05) is 23.7 Å². The van der Waals surface area contributed by atoms with Gasteiger partial charge in [0.1, 0.15) is 0 Å². The first-order chi connectivity index (χ1) is 8.61. The average molecular weight is 306 g/mol. The monoisotopic (exact) mass is 305 g/mol. The van der Waals surface area contributed by atoms with Gasteiger partial charge in [-0.3, -0.25) is 9.59 Å². The molecule has 0 radical (unpaired) electrons. The molecule has 0 aliphatic heterocycles. The molecule has 0 bridgehead atoms. The van der Waals surface area contributed by atoms with Crippen LogP contribution >= 0.6 is 24.0 Å². The van der Waals surface area contributed by atoms with Gasteiger partial charge in [-0.1, -0.05) is 11.6 Å². The molecule has 0 atom stereocenters. The van der Waals surface area contributed by atoms with E-state index in [1.165, 1.54) is 0 Å². The molecule has 0 aromatic heterocycles. The fourth-order valence-electron chi connectivity index (χ4n) is 1.24. The Kier molecular flexibility index (Phi) is 8.95. The topological polar surface area (TPSA) is 70.2 Å². The molecule has 0 saturated carbocycles. The molecule has 1 aromatic carbocycles. The SMILES string of the molecule is CNCCC(=O)NCC(=O)Nc1ccc(Cl)cc1.Cl. The molecule has 19 heavy (non-hydrogen) atoms. The minimum atomic E-state index is -0.268. The van der Waals surface area contributed by atoms with Gasteiger partial charge < -0.3 is 16.0 Å². The highest BCUT2D eigenvalue weighted by Gasteiger charge is 2.05. The van der Waals surface area contributed by atoms with Crippen LogP contribution in [0.4, 0.5) is 5.69 Å². The quantitative estimate of drug-likeness (QED) is 0.744. The first-order valence-electron chi connectivity index (χ1n) is 5.58. The lowest BCUT2D eigenvalue weighted by Crippen LogP contribution is -2.34. The lowest BCUT2D eigenvalue weighted by molar-refractivity contribution is -0.124. The number of nitrogens with one attached hydrogen (secondary N) is 3. The van der Waals surface area contributed by atoms with E-state index in [1.54, 1.807) is 31.3 Å². The first-order valence-corrected chi connectivity index (χ1v) is 5.96. The van der Waals surface area contributed by atoms with Crippen molar-refractivity contribution < 1.29 is 9.59 Å². The van der Waals surface area contributed by atoms with Crippen LogP contribution in [0.1, 0.15) is 6.42 Å². The molecular formula is C12H17Cl2N3O2. The summed E-state index contributed by atoms with van der Waals surface area (Å²) in [4.78, 5) is 22.8. The van der Waals surface area contributed by atoms with Crippen molar-refractivity contribution >= 4 is 41.5 Å². The third-order valence-corrected chi connectivity index (χ3v) is 2.43. The van der Waals surface area contributed by atoms with E-state index in [0.29, 0.717) is 23.7 Å². The largest absolute Gasteiger partial charge is 0.347 e. The van der Waals surface area contributed by atoms with Gasteiger partial charge in [-0.15, -0.1) is 12.4 Å². The van der Waals surface area contributed by atoms with E-state index >= 15 is 0 Å². The van der Waals surface area contributed by atoms with Crippen molar-refractivity contribution in [2.24, 2.45) is 0 Å². The summed E-state index contributed by atoms with van der Waals surface area (Å²) in [6, 6.07) is 6.76. The van der Waals surface area contributed by atoms with Crippen LogP contribution in [0, 0.1) is 0 Å². The number of anilines is 1. The Hall–Kier alpha value is -1.30. The zero-order valence-electron chi connectivity index (χ0n) is 10.5. The van der Waals surface area contributed by atoms with Gasteiger partial charge in [-0.05, 0) is 31.3 Å². The van der Waals surface area contributed by atoms with Crippen molar-refractivity contribution in [2.75, 3.05) is 25.5 Å². The second-order valence-electron chi connectivity index (χ2n) is 3.69. The Bertz CT molecular complexity index is 410. The highest BCUT2D eigenvalue weighted by molar-refractivity contribution is 6.30. The molecule has 0 aliphatic carbocycles. The third-order valence-electron chi connectivity index (χ3n) is 2.18. The van der Waals surface area contributed by atoms with Crippen molar-refractivity contribution in [1.82, 2.24) is 10.6 Å². The van der Waals surface area contributed by atoms with Crippen molar-refractivity contribution in [3.05, 3.63) is 29.3 Å². The standard InChI is InChI=1S/C12H16ClN3O2.ClH/c1-14-7-6-11(17)15-8-12(18)16-10-4-2-9(13)3-5-10;/h2-5,14H,6-8H2,1H3,(H,15,17)(H,16,18);1H. The predicted octanol–water partition coefficient (Wildman–Crippen LogP) is 1.43. The van der Waals surface area contributed by atoms with E-state index in [-0.39, 0.29) is 30.8 Å². The maximum atomic E-state index is 11.5. The maximum absolute atomic E-state index is 11.5. The van der Waals surface area contributed by atoms with E-state index in [2.05, 4.69) is 16.0 Å². The highest BCUT2D eigenvalue weighted by Crippen LogP contribution is 2.12. The van der Waals surface area contributed by atoms with Crippen LogP contribution in [-0.4, -0.2) is 32.0 Å². The number of rotatable bonds is 6. The Morgan fingerprint density at radius 2 is 1.79 bits per heavy atom. The smallest absolute Gasteiger partial charge is 0.243 e. The van der Waals surface area contributed by atoms with E-state index in [9.17, 15) is 9.59 Å². The maximum Gasteiger partial charge on any atom is 0.243 e. The van der Waals surface area contributed by atoms with Crippen LogP contribution in [0.25, 0.3) is 0 Å². The summed E-state index contributed by atoms with van der Waals surface area (Å²) in [5.41, 5.74) is 0.647. The Balaban J connectivity index is 0.00000324. The average Bonchev–Trinajstić information content (AvgIpc) is 2.36. The number of benzene rings is 1. The van der Waals surface area contributed by atoms with E-state index in [1.807, 2.05) is 0 Å². The second-order valence-corrected chi connectivity index (χ2v) is 4.12. The summed E-state index contributed by atoms with van der Waals surface area (Å²) in [5.74, 6) is -0.425. The van der Waals surface area contributed by atoms with E-state index in [4.69, 9.17) is 11.6 Å². The minimum absolute atomic E-state index is 0. The molecular weight excluding hydrogens is 289 g/mol. The summed E-state index contributed by atoms with van der Waals surface area (Å²) in [6.45, 7) is 0.551. The lowest BCUT2D eigenvalue weighted by Gasteiger charge is -2.06. The summed E-state index contributed by atoms with van der Waals surface area (Å²) < 4.78 is 0. The van der Waals surface area contributed by atoms with Crippen LogP contribution in [0.3, 0.4) is 0 Å². The number of carbonyl (C=O) groups is 2. The van der Waals surface area contributed by atoms with Gasteiger partial charge in [0.15, 0.2) is 0 Å². The molecule has 2 amide bonds. The summed E-state index contributed by atoms with van der Waals surface area (Å²) in [5, 5.41) is 8.65. The van der Waals surface area contributed by atoms with Crippen molar-refractivity contribution in [3.63, 3.8) is 0 Å². The minimum Gasteiger partial charge on any atom is -0.347 e. The number of halogens is 2. The zero-order valence-corrected chi connectivity index (χ0v) is 12.1. The number of amides is 2. The number of hydrogen-bond donors (Lipinski definition) is 3. The number of carbonyl (C=O) groups excluding carboxylic acids is 2. The van der Waals surface area contributed by atoms with Crippen molar-refractivity contribution in [2.45, 2.75) is 6.42 Å². The normalized spacial score (nSPS) is 9.37. The van der Waals surface area contributed by atoms with Gasteiger partial charge in [0.25, 0.3) is 0 Å². The first kappa shape index (κ1) is 17.7. The highest BCUT2D eigenvalue weighted by atomic mass is 35.5. The van der Waals surface area contributed by atoms with Crippen LogP contribution < -0.4 is 16.0 Å². The molecule has 3 N–H and O–H groups in total. The Morgan fingerprint density at radius 1 is 1.16 bits per heavy atom. The Labute approximate surface area is 123 Å². The second kappa shape index (κ2) is 9.61. The van der Waals surface area contributed by atoms with Crippen LogP contribution in [0.15, 0.2) is 24.3 Å². The van der Waals surface area contributed by atoms with Gasteiger partial charge in [0.05, 0.1) is 6.54 Å². The molecule has 0 spiro atoms. The van der Waals surface area contributed by atoms with Gasteiger partial charge in [-0.25, -0.2) is 0 Å². The van der Waals surface area contributed by atoms with Gasteiger partial charge in [0.2, 0.25) is 11.8 Å². The van der Waals surface area contributed by atoms with Crippen LogP contribution in [0.5, 0.6) is 0 Å². The van der Waals surface area contributed by atoms with Crippen LogP contribution in [-0.2, 0) is 9.59 Å². The molecule has 0 unspecified atom stereocenters. The molecule has 0 aliphatic rings. The molecule has 0 heterocycles. The number of hydrogen-bond acceptors (Lipinski definition) is 3. The van der Waals surface area contributed by atoms with E-state index < -0.39 is 0 Å². The molecule has 0 saturated heterocycles. The molecule has 1 aromatic rings. The predicted molar refractivity (Wildman–Crippen MR) is 78.9 cm³/mol. The molecule has 1 rings (SSSR count). The molecule has 5 nitrogen and oxygen atoms in total. The Morgan fingerprint density at radius 3 is 2.37 bits per heavy atom. The van der Waals surface area contributed by atoms with Gasteiger partial charge in [-0.2, -0.15) is 0 Å². The zero-order chi connectivity index (χ0) is 13.4. The molecule has 106 valence electrons.